The third kappa shape index (κ3) is 2.40. The molecule has 3 aromatic rings. The zero-order chi connectivity index (χ0) is 15.8. The SMILES string of the molecule is Cc1ccccc1-n1nnc(-c2ccc3c(c2)CCCC3)c1N. The van der Waals surface area contributed by atoms with Crippen LogP contribution in [-0.4, -0.2) is 15.0 Å². The summed E-state index contributed by atoms with van der Waals surface area (Å²) in [7, 11) is 0. The molecule has 0 fully saturated rings. The van der Waals surface area contributed by atoms with Crippen LogP contribution in [-0.2, 0) is 12.8 Å². The van der Waals surface area contributed by atoms with Crippen LogP contribution in [0.3, 0.4) is 0 Å². The van der Waals surface area contributed by atoms with Gasteiger partial charge in [-0.25, -0.2) is 0 Å². The quantitative estimate of drug-likeness (QED) is 0.785. The summed E-state index contributed by atoms with van der Waals surface area (Å²) in [5.74, 6) is 0.593. The van der Waals surface area contributed by atoms with E-state index in [1.54, 1.807) is 4.68 Å². The van der Waals surface area contributed by atoms with Crippen molar-refractivity contribution in [2.75, 3.05) is 5.73 Å². The summed E-state index contributed by atoms with van der Waals surface area (Å²) in [6, 6.07) is 14.6. The van der Waals surface area contributed by atoms with Crippen LogP contribution in [0.25, 0.3) is 16.9 Å². The number of nitrogens with zero attached hydrogens (tertiary/aromatic N) is 3. The average molecular weight is 304 g/mol. The molecule has 0 aliphatic heterocycles. The van der Waals surface area contributed by atoms with Crippen molar-refractivity contribution in [3.63, 3.8) is 0 Å². The maximum absolute atomic E-state index is 6.35. The van der Waals surface area contributed by atoms with E-state index >= 15 is 0 Å². The average Bonchev–Trinajstić information content (AvgIpc) is 2.96. The highest BCUT2D eigenvalue weighted by molar-refractivity contribution is 5.72. The third-order valence-electron chi connectivity index (χ3n) is 4.67. The summed E-state index contributed by atoms with van der Waals surface area (Å²) in [6.07, 6.45) is 4.88. The van der Waals surface area contributed by atoms with E-state index in [-0.39, 0.29) is 0 Å². The molecule has 2 aromatic carbocycles. The fourth-order valence-corrected chi connectivity index (χ4v) is 3.35. The van der Waals surface area contributed by atoms with E-state index in [2.05, 4.69) is 41.5 Å². The lowest BCUT2D eigenvalue weighted by atomic mass is 9.90. The molecule has 0 unspecified atom stereocenters. The summed E-state index contributed by atoms with van der Waals surface area (Å²) >= 11 is 0. The van der Waals surface area contributed by atoms with E-state index < -0.39 is 0 Å². The van der Waals surface area contributed by atoms with E-state index in [1.165, 1.54) is 30.4 Å². The standard InChI is InChI=1S/C19H20N4/c1-13-6-2-5-9-17(13)23-19(20)18(21-22-23)16-11-10-14-7-3-4-8-15(14)12-16/h2,5-6,9-12H,3-4,7-8,20H2,1H3. The van der Waals surface area contributed by atoms with Gasteiger partial charge in [0.2, 0.25) is 0 Å². The fraction of sp³-hybridized carbons (Fsp3) is 0.263. The molecule has 1 heterocycles. The van der Waals surface area contributed by atoms with E-state index in [9.17, 15) is 0 Å². The summed E-state index contributed by atoms with van der Waals surface area (Å²) < 4.78 is 1.73. The zero-order valence-electron chi connectivity index (χ0n) is 13.3. The van der Waals surface area contributed by atoms with Crippen molar-refractivity contribution < 1.29 is 0 Å². The maximum atomic E-state index is 6.35. The molecule has 1 aromatic heterocycles. The molecule has 1 aliphatic carbocycles. The van der Waals surface area contributed by atoms with Crippen molar-refractivity contribution in [2.24, 2.45) is 0 Å². The van der Waals surface area contributed by atoms with Crippen LogP contribution in [0, 0.1) is 6.92 Å². The predicted octanol–water partition coefficient (Wildman–Crippen LogP) is 3.70. The summed E-state index contributed by atoms with van der Waals surface area (Å²) in [4.78, 5) is 0. The first-order valence-corrected chi connectivity index (χ1v) is 8.13. The Labute approximate surface area is 135 Å². The Balaban J connectivity index is 1.78. The van der Waals surface area contributed by atoms with Gasteiger partial charge < -0.3 is 5.73 Å². The highest BCUT2D eigenvalue weighted by atomic mass is 15.5. The van der Waals surface area contributed by atoms with Crippen molar-refractivity contribution in [1.82, 2.24) is 15.0 Å². The van der Waals surface area contributed by atoms with Gasteiger partial charge in [-0.2, -0.15) is 4.68 Å². The van der Waals surface area contributed by atoms with Crippen LogP contribution in [0.5, 0.6) is 0 Å². The molecule has 2 N–H and O–H groups in total. The minimum atomic E-state index is 0.593. The van der Waals surface area contributed by atoms with E-state index in [0.29, 0.717) is 5.82 Å². The molecule has 116 valence electrons. The molecule has 0 atom stereocenters. The minimum Gasteiger partial charge on any atom is -0.382 e. The Morgan fingerprint density at radius 1 is 1.00 bits per heavy atom. The van der Waals surface area contributed by atoms with Crippen LogP contribution in [0.4, 0.5) is 5.82 Å². The van der Waals surface area contributed by atoms with Crippen LogP contribution in [0.2, 0.25) is 0 Å². The number of para-hydroxylation sites is 1. The van der Waals surface area contributed by atoms with Crippen molar-refractivity contribution >= 4 is 5.82 Å². The van der Waals surface area contributed by atoms with Gasteiger partial charge in [0.1, 0.15) is 5.69 Å². The molecule has 0 spiro atoms. The van der Waals surface area contributed by atoms with Gasteiger partial charge in [-0.3, -0.25) is 0 Å². The third-order valence-corrected chi connectivity index (χ3v) is 4.67. The molecule has 4 nitrogen and oxygen atoms in total. The summed E-state index contributed by atoms with van der Waals surface area (Å²) in [6.45, 7) is 2.05. The van der Waals surface area contributed by atoms with Gasteiger partial charge in [-0.1, -0.05) is 35.5 Å². The number of benzene rings is 2. The van der Waals surface area contributed by atoms with Crippen molar-refractivity contribution in [1.29, 1.82) is 0 Å². The van der Waals surface area contributed by atoms with Crippen molar-refractivity contribution in [3.05, 3.63) is 59.2 Å². The Hall–Kier alpha value is -2.62. The van der Waals surface area contributed by atoms with Gasteiger partial charge >= 0.3 is 0 Å². The molecular formula is C19H20N4. The fourth-order valence-electron chi connectivity index (χ4n) is 3.35. The number of hydrogen-bond donors (Lipinski definition) is 1. The number of rotatable bonds is 2. The Morgan fingerprint density at radius 3 is 2.61 bits per heavy atom. The summed E-state index contributed by atoms with van der Waals surface area (Å²) in [5.41, 5.74) is 13.2. The molecule has 0 saturated carbocycles. The lowest BCUT2D eigenvalue weighted by Crippen LogP contribution is -2.04. The number of aromatic nitrogens is 3. The number of hydrogen-bond acceptors (Lipinski definition) is 3. The van der Waals surface area contributed by atoms with Crippen molar-refractivity contribution in [3.8, 4) is 16.9 Å². The van der Waals surface area contributed by atoms with Crippen LogP contribution in [0.1, 0.15) is 29.5 Å². The van der Waals surface area contributed by atoms with E-state index in [4.69, 9.17) is 5.73 Å². The molecule has 0 amide bonds. The van der Waals surface area contributed by atoms with Gasteiger partial charge in [0.05, 0.1) is 5.69 Å². The molecular weight excluding hydrogens is 284 g/mol. The molecule has 4 heteroatoms. The van der Waals surface area contributed by atoms with E-state index in [1.807, 2.05) is 18.2 Å². The molecule has 0 bridgehead atoms. The second-order valence-corrected chi connectivity index (χ2v) is 6.21. The molecule has 0 radical (unpaired) electrons. The van der Waals surface area contributed by atoms with Crippen LogP contribution < -0.4 is 5.73 Å². The lowest BCUT2D eigenvalue weighted by Gasteiger charge is -2.16. The number of fused-ring (bicyclic) bond motifs is 1. The van der Waals surface area contributed by atoms with Gasteiger partial charge in [-0.15, -0.1) is 5.10 Å². The first kappa shape index (κ1) is 14.0. The molecule has 23 heavy (non-hydrogen) atoms. The zero-order valence-corrected chi connectivity index (χ0v) is 13.3. The number of anilines is 1. The van der Waals surface area contributed by atoms with Crippen LogP contribution >= 0.6 is 0 Å². The molecule has 4 rings (SSSR count). The lowest BCUT2D eigenvalue weighted by molar-refractivity contribution is 0.686. The maximum Gasteiger partial charge on any atom is 0.155 e. The second kappa shape index (κ2) is 5.54. The Kier molecular flexibility index (Phi) is 3.37. The van der Waals surface area contributed by atoms with Crippen molar-refractivity contribution in [2.45, 2.75) is 32.6 Å². The van der Waals surface area contributed by atoms with E-state index in [0.717, 1.165) is 28.9 Å². The van der Waals surface area contributed by atoms with Gasteiger partial charge in [-0.05, 0) is 61.4 Å². The highest BCUT2D eigenvalue weighted by Gasteiger charge is 2.16. The monoisotopic (exact) mass is 304 g/mol. The van der Waals surface area contributed by atoms with Crippen LogP contribution in [0.15, 0.2) is 42.5 Å². The van der Waals surface area contributed by atoms with Gasteiger partial charge in [0, 0.05) is 5.56 Å². The minimum absolute atomic E-state index is 0.593. The second-order valence-electron chi connectivity index (χ2n) is 6.21. The van der Waals surface area contributed by atoms with Gasteiger partial charge in [0.25, 0.3) is 0 Å². The van der Waals surface area contributed by atoms with Gasteiger partial charge in [0.15, 0.2) is 5.82 Å². The first-order chi connectivity index (χ1) is 11.2. The topological polar surface area (TPSA) is 56.7 Å². The number of aryl methyl sites for hydroxylation is 3. The highest BCUT2D eigenvalue weighted by Crippen LogP contribution is 2.30. The normalized spacial score (nSPS) is 13.8. The molecule has 0 saturated heterocycles. The molecule has 1 aliphatic rings. The Morgan fingerprint density at radius 2 is 1.78 bits per heavy atom. The number of nitrogens with two attached hydrogens (primary N) is 1. The summed E-state index contributed by atoms with van der Waals surface area (Å²) in [5, 5.41) is 8.62. The first-order valence-electron chi connectivity index (χ1n) is 8.13. The largest absolute Gasteiger partial charge is 0.382 e. The predicted molar refractivity (Wildman–Crippen MR) is 92.6 cm³/mol. The Bertz CT molecular complexity index is 864. The smallest absolute Gasteiger partial charge is 0.155 e. The number of nitrogen functional groups attached to an aromatic ring is 1.